The van der Waals surface area contributed by atoms with E-state index in [0.717, 1.165) is 15.7 Å². The predicted molar refractivity (Wildman–Crippen MR) is 56.3 cm³/mol. The van der Waals surface area contributed by atoms with E-state index in [-0.39, 0.29) is 0 Å². The first-order chi connectivity index (χ1) is 6.68. The van der Waals surface area contributed by atoms with E-state index < -0.39 is 0 Å². The van der Waals surface area contributed by atoms with Gasteiger partial charge in [0, 0.05) is 4.47 Å². The predicted octanol–water partition coefficient (Wildman–Crippen LogP) is 2.04. The molecule has 72 valence electrons. The number of benzene rings is 1. The largest absolute Gasteiger partial charge is 0.199 e. The Balaban J connectivity index is 2.64. The van der Waals surface area contributed by atoms with Gasteiger partial charge in [-0.2, -0.15) is 4.68 Å². The Labute approximate surface area is 90.1 Å². The van der Waals surface area contributed by atoms with E-state index in [0.29, 0.717) is 0 Å². The number of hydrogen-bond acceptors (Lipinski definition) is 3. The SMILES string of the molecule is Cc1cc(C)c(-n2cnnn2)c(Br)c1. The number of hydrogen-bond donors (Lipinski definition) is 0. The quantitative estimate of drug-likeness (QED) is 0.781. The lowest BCUT2D eigenvalue weighted by Crippen LogP contribution is -1.99. The third-order valence-corrected chi connectivity index (χ3v) is 2.58. The van der Waals surface area contributed by atoms with Gasteiger partial charge in [-0.25, -0.2) is 0 Å². The molecule has 1 aromatic heterocycles. The summed E-state index contributed by atoms with van der Waals surface area (Å²) in [6.07, 6.45) is 1.59. The normalized spacial score (nSPS) is 10.5. The van der Waals surface area contributed by atoms with Gasteiger partial charge in [0.15, 0.2) is 0 Å². The molecule has 0 radical (unpaired) electrons. The van der Waals surface area contributed by atoms with Crippen molar-refractivity contribution in [3.8, 4) is 5.69 Å². The molecule has 0 amide bonds. The second-order valence-electron chi connectivity index (χ2n) is 3.17. The van der Waals surface area contributed by atoms with Gasteiger partial charge in [0.05, 0.1) is 5.69 Å². The van der Waals surface area contributed by atoms with Crippen LogP contribution in [0, 0.1) is 13.8 Å². The minimum Gasteiger partial charge on any atom is -0.199 e. The summed E-state index contributed by atoms with van der Waals surface area (Å²) in [4.78, 5) is 0. The highest BCUT2D eigenvalue weighted by atomic mass is 79.9. The van der Waals surface area contributed by atoms with Crippen LogP contribution in [0.4, 0.5) is 0 Å². The molecule has 2 rings (SSSR count). The van der Waals surface area contributed by atoms with Gasteiger partial charge in [-0.1, -0.05) is 6.07 Å². The molecule has 0 spiro atoms. The number of aryl methyl sites for hydroxylation is 2. The van der Waals surface area contributed by atoms with Crippen molar-refractivity contribution in [1.82, 2.24) is 20.2 Å². The minimum atomic E-state index is 0.987. The Bertz CT molecular complexity index is 427. The van der Waals surface area contributed by atoms with Crippen LogP contribution in [0.5, 0.6) is 0 Å². The minimum absolute atomic E-state index is 0.987. The third-order valence-electron chi connectivity index (χ3n) is 1.98. The van der Waals surface area contributed by atoms with E-state index >= 15 is 0 Å². The summed E-state index contributed by atoms with van der Waals surface area (Å²) in [7, 11) is 0. The van der Waals surface area contributed by atoms with Gasteiger partial charge in [0.2, 0.25) is 0 Å². The van der Waals surface area contributed by atoms with Crippen molar-refractivity contribution >= 4 is 15.9 Å². The van der Waals surface area contributed by atoms with E-state index in [4.69, 9.17) is 0 Å². The van der Waals surface area contributed by atoms with Gasteiger partial charge in [-0.15, -0.1) is 5.10 Å². The molecule has 0 saturated carbocycles. The van der Waals surface area contributed by atoms with Crippen molar-refractivity contribution in [2.24, 2.45) is 0 Å². The summed E-state index contributed by atoms with van der Waals surface area (Å²) in [6.45, 7) is 4.09. The van der Waals surface area contributed by atoms with E-state index in [1.807, 2.05) is 13.0 Å². The molecule has 5 heteroatoms. The van der Waals surface area contributed by atoms with Crippen molar-refractivity contribution < 1.29 is 0 Å². The number of nitrogens with zero attached hydrogens (tertiary/aromatic N) is 4. The zero-order valence-electron chi connectivity index (χ0n) is 7.90. The smallest absolute Gasteiger partial charge is 0.143 e. The molecule has 0 aliphatic carbocycles. The topological polar surface area (TPSA) is 43.6 Å². The summed E-state index contributed by atoms with van der Waals surface area (Å²) >= 11 is 3.50. The Morgan fingerprint density at radius 1 is 1.29 bits per heavy atom. The summed E-state index contributed by atoms with van der Waals surface area (Å²) in [5, 5.41) is 11.1. The highest BCUT2D eigenvalue weighted by Gasteiger charge is 2.07. The zero-order valence-corrected chi connectivity index (χ0v) is 9.48. The Morgan fingerprint density at radius 3 is 2.64 bits per heavy atom. The van der Waals surface area contributed by atoms with E-state index in [2.05, 4.69) is 44.4 Å². The van der Waals surface area contributed by atoms with Crippen molar-refractivity contribution in [2.75, 3.05) is 0 Å². The van der Waals surface area contributed by atoms with Crippen LogP contribution in [0.25, 0.3) is 5.69 Å². The lowest BCUT2D eigenvalue weighted by Gasteiger charge is -2.08. The number of aromatic nitrogens is 4. The van der Waals surface area contributed by atoms with E-state index in [1.165, 1.54) is 5.56 Å². The van der Waals surface area contributed by atoms with Gasteiger partial charge in [-0.05, 0) is 57.4 Å². The average Bonchev–Trinajstić information content (AvgIpc) is 2.54. The van der Waals surface area contributed by atoms with Gasteiger partial charge in [0.1, 0.15) is 6.33 Å². The zero-order chi connectivity index (χ0) is 10.1. The van der Waals surface area contributed by atoms with Crippen molar-refractivity contribution in [2.45, 2.75) is 13.8 Å². The van der Waals surface area contributed by atoms with Gasteiger partial charge in [-0.3, -0.25) is 0 Å². The van der Waals surface area contributed by atoms with Crippen LogP contribution in [0.15, 0.2) is 22.9 Å². The fourth-order valence-corrected chi connectivity index (χ4v) is 2.32. The summed E-state index contributed by atoms with van der Waals surface area (Å²) in [5.41, 5.74) is 3.34. The second-order valence-corrected chi connectivity index (χ2v) is 4.02. The number of rotatable bonds is 1. The average molecular weight is 253 g/mol. The number of halogens is 1. The third kappa shape index (κ3) is 1.55. The molecular weight excluding hydrogens is 244 g/mol. The molecule has 4 nitrogen and oxygen atoms in total. The lowest BCUT2D eigenvalue weighted by atomic mass is 10.1. The molecular formula is C9H9BrN4. The summed E-state index contributed by atoms with van der Waals surface area (Å²) in [6, 6.07) is 4.14. The van der Waals surface area contributed by atoms with Crippen LogP contribution in [-0.2, 0) is 0 Å². The fraction of sp³-hybridized carbons (Fsp3) is 0.222. The second kappa shape index (κ2) is 3.49. The van der Waals surface area contributed by atoms with Crippen LogP contribution in [0.1, 0.15) is 11.1 Å². The standard InChI is InChI=1S/C9H9BrN4/c1-6-3-7(2)9(8(10)4-6)14-5-11-12-13-14/h3-5H,1-2H3. The van der Waals surface area contributed by atoms with Crippen LogP contribution in [0.2, 0.25) is 0 Å². The molecule has 0 N–H and O–H groups in total. The van der Waals surface area contributed by atoms with Crippen LogP contribution in [0.3, 0.4) is 0 Å². The molecule has 0 aliphatic rings. The van der Waals surface area contributed by atoms with Crippen molar-refractivity contribution in [3.05, 3.63) is 34.1 Å². The van der Waals surface area contributed by atoms with Gasteiger partial charge < -0.3 is 0 Å². The Kier molecular flexibility index (Phi) is 2.33. The molecule has 2 aromatic rings. The van der Waals surface area contributed by atoms with Crippen molar-refractivity contribution in [1.29, 1.82) is 0 Å². The van der Waals surface area contributed by atoms with Crippen molar-refractivity contribution in [3.63, 3.8) is 0 Å². The van der Waals surface area contributed by atoms with Crippen LogP contribution >= 0.6 is 15.9 Å². The molecule has 1 aromatic carbocycles. The highest BCUT2D eigenvalue weighted by Crippen LogP contribution is 2.25. The molecule has 0 aliphatic heterocycles. The molecule has 0 fully saturated rings. The van der Waals surface area contributed by atoms with Gasteiger partial charge >= 0.3 is 0 Å². The lowest BCUT2D eigenvalue weighted by molar-refractivity contribution is 0.782. The summed E-state index contributed by atoms with van der Waals surface area (Å²) < 4.78 is 2.65. The van der Waals surface area contributed by atoms with E-state index in [1.54, 1.807) is 11.0 Å². The molecule has 0 saturated heterocycles. The maximum atomic E-state index is 3.86. The first-order valence-corrected chi connectivity index (χ1v) is 4.98. The first-order valence-electron chi connectivity index (χ1n) is 4.18. The van der Waals surface area contributed by atoms with Gasteiger partial charge in [0.25, 0.3) is 0 Å². The monoisotopic (exact) mass is 252 g/mol. The Morgan fingerprint density at radius 2 is 2.07 bits per heavy atom. The molecule has 0 bridgehead atoms. The fourth-order valence-electron chi connectivity index (χ4n) is 1.46. The molecule has 1 heterocycles. The highest BCUT2D eigenvalue weighted by molar-refractivity contribution is 9.10. The number of tetrazole rings is 1. The molecule has 0 unspecified atom stereocenters. The molecule has 14 heavy (non-hydrogen) atoms. The maximum absolute atomic E-state index is 3.86. The Hall–Kier alpha value is -1.23. The maximum Gasteiger partial charge on any atom is 0.143 e. The van der Waals surface area contributed by atoms with Crippen LogP contribution < -0.4 is 0 Å². The molecule has 0 atom stereocenters. The van der Waals surface area contributed by atoms with Crippen LogP contribution in [-0.4, -0.2) is 20.2 Å². The first kappa shape index (κ1) is 9.33. The summed E-state index contributed by atoms with van der Waals surface area (Å²) in [5.74, 6) is 0. The van der Waals surface area contributed by atoms with E-state index in [9.17, 15) is 0 Å².